The van der Waals surface area contributed by atoms with Crippen LogP contribution in [0.25, 0.3) is 0 Å². The van der Waals surface area contributed by atoms with Crippen LogP contribution in [0.5, 0.6) is 17.2 Å². The molecule has 0 spiro atoms. The summed E-state index contributed by atoms with van der Waals surface area (Å²) in [5.41, 5.74) is -3.30. The second kappa shape index (κ2) is 7.89. The van der Waals surface area contributed by atoms with Crippen molar-refractivity contribution >= 4 is 17.3 Å². The van der Waals surface area contributed by atoms with Crippen molar-refractivity contribution in [2.24, 2.45) is 5.41 Å². The second-order valence-electron chi connectivity index (χ2n) is 11.5. The Kier molecular flexibility index (Phi) is 5.05. The molecular formula is C29H28O11. The number of aromatic hydroxyl groups is 2. The zero-order valence-corrected chi connectivity index (χ0v) is 22.3. The van der Waals surface area contributed by atoms with E-state index in [-0.39, 0.29) is 58.6 Å². The van der Waals surface area contributed by atoms with Crippen LogP contribution in [0.4, 0.5) is 0 Å². The van der Waals surface area contributed by atoms with Gasteiger partial charge >= 0.3 is 0 Å². The highest BCUT2D eigenvalue weighted by molar-refractivity contribution is 6.31. The lowest BCUT2D eigenvalue weighted by molar-refractivity contribution is -0.316. The number of carbonyl (C=O) groups is 3. The van der Waals surface area contributed by atoms with E-state index in [1.54, 1.807) is 6.07 Å². The summed E-state index contributed by atoms with van der Waals surface area (Å²) in [6, 6.07) is 4.50. The van der Waals surface area contributed by atoms with Gasteiger partial charge in [-0.2, -0.15) is 0 Å². The number of methoxy groups -OCH3 is 2. The van der Waals surface area contributed by atoms with Gasteiger partial charge in [0, 0.05) is 43.1 Å². The summed E-state index contributed by atoms with van der Waals surface area (Å²) >= 11 is 0. The summed E-state index contributed by atoms with van der Waals surface area (Å²) in [5.74, 6) is -4.01. The van der Waals surface area contributed by atoms with Crippen molar-refractivity contribution in [1.29, 1.82) is 0 Å². The van der Waals surface area contributed by atoms with Gasteiger partial charge in [-0.3, -0.25) is 14.4 Å². The van der Waals surface area contributed by atoms with Gasteiger partial charge in [-0.05, 0) is 13.0 Å². The average molecular weight is 553 g/mol. The predicted molar refractivity (Wildman–Crippen MR) is 133 cm³/mol. The van der Waals surface area contributed by atoms with Crippen LogP contribution in [0.1, 0.15) is 75.8 Å². The van der Waals surface area contributed by atoms with Gasteiger partial charge < -0.3 is 39.0 Å². The summed E-state index contributed by atoms with van der Waals surface area (Å²) in [6.45, 7) is 3.18. The van der Waals surface area contributed by atoms with Crippen LogP contribution >= 0.6 is 0 Å². The number of carbonyl (C=O) groups excluding carboxylic acids is 3. The molecule has 3 aliphatic carbocycles. The SMILES string of the molecule is COc1cccc2c1C(=O)c1c(O)c3c(c(O)c1C2=O)C[C@@](O)(C(C)=O)C[C@@H]3OC1CC2(C)C3OC3C2(OC)O1. The molecule has 11 nitrogen and oxygen atoms in total. The number of fused-ring (bicyclic) bond motifs is 7. The van der Waals surface area contributed by atoms with Crippen LogP contribution < -0.4 is 4.74 Å². The maximum Gasteiger partial charge on any atom is 0.208 e. The molecule has 210 valence electrons. The molecule has 0 radical (unpaired) electrons. The molecule has 2 heterocycles. The Bertz CT molecular complexity index is 1550. The number of Topliss-reactive ketones (excluding diaryl/α,β-unsaturated/α-hetero) is 1. The fourth-order valence-corrected chi connectivity index (χ4v) is 7.32. The molecule has 3 N–H and O–H groups in total. The van der Waals surface area contributed by atoms with Crippen LogP contribution in [0.3, 0.4) is 0 Å². The molecule has 11 heteroatoms. The van der Waals surface area contributed by atoms with Crippen molar-refractivity contribution in [2.45, 2.75) is 69.1 Å². The van der Waals surface area contributed by atoms with Crippen LogP contribution in [0, 0.1) is 5.41 Å². The number of phenols is 2. The Labute approximate surface area is 228 Å². The molecule has 1 saturated carbocycles. The third-order valence-corrected chi connectivity index (χ3v) is 9.54. The van der Waals surface area contributed by atoms with Gasteiger partial charge in [-0.15, -0.1) is 0 Å². The van der Waals surface area contributed by atoms with Gasteiger partial charge in [0.05, 0.1) is 35.3 Å². The zero-order valence-electron chi connectivity index (χ0n) is 22.3. The minimum absolute atomic E-state index is 0.00524. The summed E-state index contributed by atoms with van der Waals surface area (Å²) in [4.78, 5) is 39.9. The highest BCUT2D eigenvalue weighted by Crippen LogP contribution is 2.71. The Balaban J connectivity index is 1.36. The molecule has 0 bridgehead atoms. The molecule has 7 rings (SSSR count). The Hall–Kier alpha value is -3.35. The van der Waals surface area contributed by atoms with E-state index < -0.39 is 63.6 Å². The smallest absolute Gasteiger partial charge is 0.208 e. The third kappa shape index (κ3) is 2.88. The van der Waals surface area contributed by atoms with E-state index in [1.165, 1.54) is 33.3 Å². The molecule has 5 unspecified atom stereocenters. The van der Waals surface area contributed by atoms with E-state index in [0.29, 0.717) is 6.42 Å². The standard InChI is InChI=1S/C29H28O11/c1-11(30)28(35)8-13-18(15(9-28)38-16-10-27(2)25-26(39-25)29(27,37-4)40-16)24(34)20-19(22(13)32)21(31)12-6-5-7-14(36-3)17(12)23(20)33/h5-7,15-16,25-26,32,34-35H,8-10H2,1-4H3/t15-,16?,25?,26?,27?,28-,29?/m0/s1. The number of ether oxygens (including phenoxy) is 5. The lowest BCUT2D eigenvalue weighted by atomic mass is 9.64. The van der Waals surface area contributed by atoms with E-state index in [9.17, 15) is 29.7 Å². The number of benzene rings is 2. The van der Waals surface area contributed by atoms with Crippen LogP contribution in [0.15, 0.2) is 18.2 Å². The van der Waals surface area contributed by atoms with Gasteiger partial charge in [-0.25, -0.2) is 0 Å². The Morgan fingerprint density at radius 1 is 1.02 bits per heavy atom. The van der Waals surface area contributed by atoms with Gasteiger partial charge in [0.2, 0.25) is 11.6 Å². The number of ketones is 3. The fraction of sp³-hybridized carbons (Fsp3) is 0.483. The second-order valence-corrected chi connectivity index (χ2v) is 11.5. The number of hydrogen-bond donors (Lipinski definition) is 3. The summed E-state index contributed by atoms with van der Waals surface area (Å²) in [6.07, 6.45) is -2.61. The number of aliphatic hydroxyl groups is 1. The van der Waals surface area contributed by atoms with Crippen molar-refractivity contribution in [2.75, 3.05) is 14.2 Å². The van der Waals surface area contributed by atoms with Gasteiger partial charge in [-0.1, -0.05) is 19.1 Å². The van der Waals surface area contributed by atoms with E-state index in [2.05, 4.69) is 0 Å². The number of epoxide rings is 1. The first kappa shape index (κ1) is 25.6. The Morgan fingerprint density at radius 3 is 2.40 bits per heavy atom. The number of rotatable bonds is 5. The minimum Gasteiger partial charge on any atom is -0.507 e. The molecular weight excluding hydrogens is 524 g/mol. The van der Waals surface area contributed by atoms with Crippen molar-refractivity contribution in [3.05, 3.63) is 51.6 Å². The molecule has 5 aliphatic rings. The monoisotopic (exact) mass is 552 g/mol. The van der Waals surface area contributed by atoms with Gasteiger partial charge in [0.25, 0.3) is 0 Å². The van der Waals surface area contributed by atoms with E-state index >= 15 is 0 Å². The fourth-order valence-electron chi connectivity index (χ4n) is 7.32. The predicted octanol–water partition coefficient (Wildman–Crippen LogP) is 2.08. The van der Waals surface area contributed by atoms with E-state index in [0.717, 1.165) is 0 Å². The van der Waals surface area contributed by atoms with Crippen molar-refractivity contribution in [3.63, 3.8) is 0 Å². The van der Waals surface area contributed by atoms with Crippen LogP contribution in [-0.4, -0.2) is 76.8 Å². The van der Waals surface area contributed by atoms with Gasteiger partial charge in [0.15, 0.2) is 17.9 Å². The molecule has 0 amide bonds. The first-order valence-corrected chi connectivity index (χ1v) is 13.1. The maximum absolute atomic E-state index is 13.7. The quantitative estimate of drug-likeness (QED) is 0.314. The number of hydrogen-bond acceptors (Lipinski definition) is 11. The lowest BCUT2D eigenvalue weighted by Gasteiger charge is -2.45. The summed E-state index contributed by atoms with van der Waals surface area (Å²) < 4.78 is 29.2. The summed E-state index contributed by atoms with van der Waals surface area (Å²) in [7, 11) is 2.88. The molecule has 2 aromatic rings. The molecule has 7 atom stereocenters. The van der Waals surface area contributed by atoms with Gasteiger partial charge in [0.1, 0.15) is 35.1 Å². The molecule has 2 saturated heterocycles. The maximum atomic E-state index is 13.7. The van der Waals surface area contributed by atoms with Crippen molar-refractivity contribution < 1.29 is 53.4 Å². The minimum atomic E-state index is -1.97. The van der Waals surface area contributed by atoms with Crippen molar-refractivity contribution in [1.82, 2.24) is 0 Å². The zero-order chi connectivity index (χ0) is 28.5. The normalized spacial score (nSPS) is 36.5. The average Bonchev–Trinajstić information content (AvgIpc) is 3.66. The highest BCUT2D eigenvalue weighted by atomic mass is 16.8. The molecule has 2 aliphatic heterocycles. The number of phenolic OH excluding ortho intramolecular Hbond substituents is 2. The molecule has 3 fully saturated rings. The largest absolute Gasteiger partial charge is 0.507 e. The third-order valence-electron chi connectivity index (χ3n) is 9.54. The topological polar surface area (TPSA) is 161 Å². The van der Waals surface area contributed by atoms with E-state index in [4.69, 9.17) is 23.7 Å². The summed E-state index contributed by atoms with van der Waals surface area (Å²) in [5, 5.41) is 34.4. The highest BCUT2D eigenvalue weighted by Gasteiger charge is 2.86. The van der Waals surface area contributed by atoms with Crippen LogP contribution in [0.2, 0.25) is 0 Å². The first-order chi connectivity index (χ1) is 18.9. The molecule has 40 heavy (non-hydrogen) atoms. The molecule has 0 aromatic heterocycles. The first-order valence-electron chi connectivity index (χ1n) is 13.1. The molecule has 2 aromatic carbocycles. The lowest BCUT2D eigenvalue weighted by Crippen LogP contribution is -2.62. The Morgan fingerprint density at radius 2 is 1.75 bits per heavy atom. The van der Waals surface area contributed by atoms with E-state index in [1.807, 2.05) is 6.92 Å². The van der Waals surface area contributed by atoms with Crippen molar-refractivity contribution in [3.8, 4) is 17.2 Å². The van der Waals surface area contributed by atoms with Crippen LogP contribution in [-0.2, 0) is 30.2 Å².